The van der Waals surface area contributed by atoms with Crippen molar-refractivity contribution in [3.63, 3.8) is 0 Å². The van der Waals surface area contributed by atoms with Crippen LogP contribution in [-0.4, -0.2) is 18.7 Å². The highest BCUT2D eigenvalue weighted by Gasteiger charge is 2.35. The third-order valence-electron chi connectivity index (χ3n) is 2.80. The third kappa shape index (κ3) is 1.36. The number of hydrogen-bond donors (Lipinski definition) is 2. The summed E-state index contributed by atoms with van der Waals surface area (Å²) in [6, 6.07) is 8.15. The van der Waals surface area contributed by atoms with Crippen LogP contribution in [0.15, 0.2) is 24.3 Å². The van der Waals surface area contributed by atoms with Crippen LogP contribution in [0, 0.1) is 0 Å². The van der Waals surface area contributed by atoms with Crippen molar-refractivity contribution in [2.24, 2.45) is 0 Å². The van der Waals surface area contributed by atoms with Gasteiger partial charge in [-0.25, -0.2) is 0 Å². The van der Waals surface area contributed by atoms with E-state index in [1.165, 1.54) is 5.56 Å². The first-order valence-corrected chi connectivity index (χ1v) is 4.72. The average molecular weight is 177 g/mol. The zero-order valence-corrected chi connectivity index (χ0v) is 7.88. The number of hydrogen-bond acceptors (Lipinski definition) is 2. The molecule has 0 aromatic heterocycles. The van der Waals surface area contributed by atoms with Crippen LogP contribution in [0.4, 0.5) is 0 Å². The topological polar surface area (TPSA) is 32.3 Å². The van der Waals surface area contributed by atoms with Crippen molar-refractivity contribution in [1.29, 1.82) is 0 Å². The molecule has 0 saturated carbocycles. The van der Waals surface area contributed by atoms with E-state index in [0.717, 1.165) is 18.4 Å². The van der Waals surface area contributed by atoms with Gasteiger partial charge >= 0.3 is 0 Å². The van der Waals surface area contributed by atoms with Gasteiger partial charge in [0.25, 0.3) is 0 Å². The molecule has 2 N–H and O–H groups in total. The number of aryl methyl sites for hydroxylation is 1. The molecule has 2 rings (SSSR count). The molecule has 1 aliphatic rings. The molecule has 70 valence electrons. The van der Waals surface area contributed by atoms with Crippen molar-refractivity contribution in [3.8, 4) is 0 Å². The molecule has 0 spiro atoms. The van der Waals surface area contributed by atoms with E-state index in [2.05, 4.69) is 11.4 Å². The number of aliphatic hydroxyl groups is 1. The van der Waals surface area contributed by atoms with Crippen molar-refractivity contribution < 1.29 is 5.11 Å². The van der Waals surface area contributed by atoms with Gasteiger partial charge in [-0.05, 0) is 31.0 Å². The first-order chi connectivity index (χ1) is 6.26. The first-order valence-electron chi connectivity index (χ1n) is 4.72. The molecule has 2 heteroatoms. The van der Waals surface area contributed by atoms with E-state index in [1.807, 2.05) is 25.2 Å². The summed E-state index contributed by atoms with van der Waals surface area (Å²) in [5.41, 5.74) is 1.76. The Labute approximate surface area is 78.6 Å². The van der Waals surface area contributed by atoms with Gasteiger partial charge in [0, 0.05) is 6.54 Å². The zero-order valence-electron chi connectivity index (χ0n) is 7.88. The Balaban J connectivity index is 2.37. The Morgan fingerprint density at radius 2 is 2.23 bits per heavy atom. The largest absolute Gasteiger partial charge is 0.384 e. The Kier molecular flexibility index (Phi) is 2.10. The summed E-state index contributed by atoms with van der Waals surface area (Å²) < 4.78 is 0. The van der Waals surface area contributed by atoms with Crippen LogP contribution in [0.3, 0.4) is 0 Å². The Hall–Kier alpha value is -0.860. The summed E-state index contributed by atoms with van der Waals surface area (Å²) in [5, 5.41) is 13.3. The monoisotopic (exact) mass is 177 g/mol. The molecule has 0 radical (unpaired) electrons. The molecule has 0 unspecified atom stereocenters. The second kappa shape index (κ2) is 3.13. The molecule has 0 saturated heterocycles. The lowest BCUT2D eigenvalue weighted by Crippen LogP contribution is -2.34. The summed E-state index contributed by atoms with van der Waals surface area (Å²) in [7, 11) is 1.87. The fourth-order valence-corrected chi connectivity index (χ4v) is 2.14. The van der Waals surface area contributed by atoms with Crippen LogP contribution < -0.4 is 5.32 Å². The first kappa shape index (κ1) is 8.73. The second-order valence-electron chi connectivity index (χ2n) is 3.72. The molecular formula is C11H15NO. The minimum Gasteiger partial charge on any atom is -0.384 e. The highest BCUT2D eigenvalue weighted by Crippen LogP contribution is 2.35. The van der Waals surface area contributed by atoms with Gasteiger partial charge in [-0.1, -0.05) is 24.3 Å². The fourth-order valence-electron chi connectivity index (χ4n) is 2.14. The van der Waals surface area contributed by atoms with Crippen molar-refractivity contribution in [2.75, 3.05) is 13.6 Å². The van der Waals surface area contributed by atoms with Crippen molar-refractivity contribution >= 4 is 0 Å². The lowest BCUT2D eigenvalue weighted by molar-refractivity contribution is 0.0408. The summed E-state index contributed by atoms with van der Waals surface area (Å²) in [5.74, 6) is 0. The molecule has 2 nitrogen and oxygen atoms in total. The van der Waals surface area contributed by atoms with Gasteiger partial charge in [0.1, 0.15) is 5.60 Å². The minimum atomic E-state index is -0.634. The second-order valence-corrected chi connectivity index (χ2v) is 3.72. The molecular weight excluding hydrogens is 162 g/mol. The van der Waals surface area contributed by atoms with Crippen LogP contribution in [0.2, 0.25) is 0 Å². The average Bonchev–Trinajstić information content (AvgIpc) is 2.46. The van der Waals surface area contributed by atoms with E-state index in [1.54, 1.807) is 0 Å². The highest BCUT2D eigenvalue weighted by molar-refractivity contribution is 5.37. The minimum absolute atomic E-state index is 0.634. The van der Waals surface area contributed by atoms with Crippen molar-refractivity contribution in [2.45, 2.75) is 18.4 Å². The Morgan fingerprint density at radius 1 is 1.46 bits per heavy atom. The van der Waals surface area contributed by atoms with Gasteiger partial charge in [-0.2, -0.15) is 0 Å². The number of nitrogens with one attached hydrogen (secondary N) is 1. The predicted octanol–water partition coefficient (Wildman–Crippen LogP) is 1.04. The normalized spacial score (nSPS) is 26.0. The quantitative estimate of drug-likeness (QED) is 0.707. The third-order valence-corrected chi connectivity index (χ3v) is 2.80. The van der Waals surface area contributed by atoms with Gasteiger partial charge in [0.2, 0.25) is 0 Å². The number of benzene rings is 1. The zero-order chi connectivity index (χ0) is 9.31. The Bertz CT molecular complexity index is 307. The lowest BCUT2D eigenvalue weighted by atomic mass is 9.96. The van der Waals surface area contributed by atoms with E-state index in [0.29, 0.717) is 6.54 Å². The van der Waals surface area contributed by atoms with E-state index < -0.39 is 5.60 Å². The van der Waals surface area contributed by atoms with E-state index in [4.69, 9.17) is 0 Å². The van der Waals surface area contributed by atoms with Crippen molar-refractivity contribution in [3.05, 3.63) is 35.4 Å². The van der Waals surface area contributed by atoms with Gasteiger partial charge in [0.15, 0.2) is 0 Å². The smallest absolute Gasteiger partial charge is 0.103 e. The van der Waals surface area contributed by atoms with Gasteiger partial charge in [-0.3, -0.25) is 0 Å². The van der Waals surface area contributed by atoms with E-state index in [9.17, 15) is 5.11 Å². The Morgan fingerprint density at radius 3 is 3.00 bits per heavy atom. The van der Waals surface area contributed by atoms with Crippen LogP contribution in [0.5, 0.6) is 0 Å². The van der Waals surface area contributed by atoms with Crippen LogP contribution in [0.25, 0.3) is 0 Å². The molecule has 0 fully saturated rings. The number of rotatable bonds is 2. The summed E-state index contributed by atoms with van der Waals surface area (Å²) in [4.78, 5) is 0. The molecule has 0 bridgehead atoms. The lowest BCUT2D eigenvalue weighted by Gasteiger charge is -2.23. The van der Waals surface area contributed by atoms with Crippen LogP contribution in [-0.2, 0) is 12.0 Å². The van der Waals surface area contributed by atoms with E-state index >= 15 is 0 Å². The molecule has 0 aliphatic heterocycles. The van der Waals surface area contributed by atoms with Gasteiger partial charge in [0.05, 0.1) is 0 Å². The maximum Gasteiger partial charge on any atom is 0.103 e. The molecule has 1 aliphatic carbocycles. The standard InChI is InChI=1S/C11H15NO/c1-12-8-11(13)7-6-9-4-2-3-5-10(9)11/h2-5,12-13H,6-8H2,1H3/t11-/m0/s1. The van der Waals surface area contributed by atoms with Gasteiger partial charge < -0.3 is 10.4 Å². The molecule has 1 aromatic carbocycles. The van der Waals surface area contributed by atoms with Crippen molar-refractivity contribution in [1.82, 2.24) is 5.32 Å². The maximum absolute atomic E-state index is 10.3. The maximum atomic E-state index is 10.3. The van der Waals surface area contributed by atoms with Gasteiger partial charge in [-0.15, -0.1) is 0 Å². The SMILES string of the molecule is CNC[C@@]1(O)CCc2ccccc21. The predicted molar refractivity (Wildman–Crippen MR) is 52.6 cm³/mol. The van der Waals surface area contributed by atoms with Crippen LogP contribution >= 0.6 is 0 Å². The van der Waals surface area contributed by atoms with E-state index in [-0.39, 0.29) is 0 Å². The van der Waals surface area contributed by atoms with Crippen LogP contribution in [0.1, 0.15) is 17.5 Å². The summed E-state index contributed by atoms with van der Waals surface area (Å²) in [6.07, 6.45) is 1.83. The summed E-state index contributed by atoms with van der Waals surface area (Å²) >= 11 is 0. The fraction of sp³-hybridized carbons (Fsp3) is 0.455. The number of likely N-dealkylation sites (N-methyl/N-ethyl adjacent to an activating group) is 1. The highest BCUT2D eigenvalue weighted by atomic mass is 16.3. The molecule has 0 heterocycles. The molecule has 13 heavy (non-hydrogen) atoms. The number of fused-ring (bicyclic) bond motifs is 1. The molecule has 1 aromatic rings. The molecule has 1 atom stereocenters. The summed E-state index contributed by atoms with van der Waals surface area (Å²) in [6.45, 7) is 0.643. The molecule has 0 amide bonds.